The van der Waals surface area contributed by atoms with Crippen molar-refractivity contribution in [1.82, 2.24) is 9.88 Å². The Hall–Kier alpha value is -3.48. The van der Waals surface area contributed by atoms with Crippen LogP contribution in [-0.4, -0.2) is 43.2 Å². The van der Waals surface area contributed by atoms with Crippen LogP contribution >= 0.6 is 0 Å². The molecule has 0 spiro atoms. The third kappa shape index (κ3) is 3.58. The van der Waals surface area contributed by atoms with Gasteiger partial charge in [0, 0.05) is 42.8 Å². The Labute approximate surface area is 175 Å². The van der Waals surface area contributed by atoms with E-state index in [0.717, 1.165) is 22.2 Å². The van der Waals surface area contributed by atoms with Gasteiger partial charge < -0.3 is 24.3 Å². The average Bonchev–Trinajstić information content (AvgIpc) is 3.05. The van der Waals surface area contributed by atoms with Gasteiger partial charge in [0.15, 0.2) is 6.61 Å². The molecular formula is C23H25N3O4. The minimum atomic E-state index is -0.186. The summed E-state index contributed by atoms with van der Waals surface area (Å²) in [6, 6.07) is 11.1. The Morgan fingerprint density at radius 3 is 2.80 bits per heavy atom. The number of rotatable bonds is 5. The van der Waals surface area contributed by atoms with Crippen LogP contribution in [0.25, 0.3) is 10.9 Å². The molecule has 1 atom stereocenters. The fourth-order valence-corrected chi connectivity index (χ4v) is 3.84. The van der Waals surface area contributed by atoms with Crippen LogP contribution in [0.15, 0.2) is 42.6 Å². The molecule has 1 aliphatic rings. The summed E-state index contributed by atoms with van der Waals surface area (Å²) >= 11 is 0. The number of amides is 2. The SMILES string of the molecule is COc1ccc2c(c1)c(CC(C)NC(=O)c1ccc3c(c1)N(C)C(=O)CO3)cn2C. The summed E-state index contributed by atoms with van der Waals surface area (Å²) in [5.74, 6) is 1.09. The van der Waals surface area contributed by atoms with Gasteiger partial charge in [0.2, 0.25) is 0 Å². The number of hydrogen-bond acceptors (Lipinski definition) is 4. The number of nitrogens with one attached hydrogen (secondary N) is 1. The molecule has 1 aromatic heterocycles. The molecule has 1 unspecified atom stereocenters. The molecule has 0 aliphatic carbocycles. The first-order valence-corrected chi connectivity index (χ1v) is 9.83. The minimum Gasteiger partial charge on any atom is -0.497 e. The molecule has 1 N–H and O–H groups in total. The van der Waals surface area contributed by atoms with Gasteiger partial charge in [-0.2, -0.15) is 0 Å². The van der Waals surface area contributed by atoms with Gasteiger partial charge in [-0.15, -0.1) is 0 Å². The van der Waals surface area contributed by atoms with Gasteiger partial charge in [-0.3, -0.25) is 9.59 Å². The van der Waals surface area contributed by atoms with E-state index in [1.807, 2.05) is 32.2 Å². The highest BCUT2D eigenvalue weighted by Crippen LogP contribution is 2.32. The van der Waals surface area contributed by atoms with E-state index in [4.69, 9.17) is 9.47 Å². The van der Waals surface area contributed by atoms with Gasteiger partial charge in [-0.1, -0.05) is 0 Å². The molecule has 0 saturated heterocycles. The Balaban J connectivity index is 1.51. The van der Waals surface area contributed by atoms with Gasteiger partial charge in [-0.25, -0.2) is 0 Å². The largest absolute Gasteiger partial charge is 0.497 e. The van der Waals surface area contributed by atoms with Crippen molar-refractivity contribution < 1.29 is 19.1 Å². The van der Waals surface area contributed by atoms with Crippen molar-refractivity contribution >= 4 is 28.4 Å². The first kappa shape index (κ1) is 19.8. The molecule has 1 aliphatic heterocycles. The van der Waals surface area contributed by atoms with Crippen molar-refractivity contribution in [2.24, 2.45) is 7.05 Å². The van der Waals surface area contributed by atoms with Crippen LogP contribution in [0.1, 0.15) is 22.8 Å². The second-order valence-corrected chi connectivity index (χ2v) is 7.65. The number of fused-ring (bicyclic) bond motifs is 2. The van der Waals surface area contributed by atoms with Crippen molar-refractivity contribution in [3.05, 3.63) is 53.7 Å². The predicted molar refractivity (Wildman–Crippen MR) is 115 cm³/mol. The van der Waals surface area contributed by atoms with Crippen molar-refractivity contribution in [3.63, 3.8) is 0 Å². The lowest BCUT2D eigenvalue weighted by molar-refractivity contribution is -0.120. The van der Waals surface area contributed by atoms with E-state index in [9.17, 15) is 9.59 Å². The fourth-order valence-electron chi connectivity index (χ4n) is 3.84. The van der Waals surface area contributed by atoms with Gasteiger partial charge in [0.05, 0.1) is 12.8 Å². The smallest absolute Gasteiger partial charge is 0.264 e. The van der Waals surface area contributed by atoms with Crippen LogP contribution in [0.5, 0.6) is 11.5 Å². The maximum Gasteiger partial charge on any atom is 0.264 e. The number of hydrogen-bond donors (Lipinski definition) is 1. The third-order valence-electron chi connectivity index (χ3n) is 5.49. The molecular weight excluding hydrogens is 382 g/mol. The molecule has 0 fully saturated rings. The lowest BCUT2D eigenvalue weighted by Gasteiger charge is -2.26. The number of ether oxygens (including phenoxy) is 2. The zero-order chi connectivity index (χ0) is 21.4. The molecule has 0 saturated carbocycles. The standard InChI is InChI=1S/C23H25N3O4/c1-14(9-16-12-25(2)19-7-6-17(29-4)11-18(16)19)24-23(28)15-5-8-21-20(10-15)26(3)22(27)13-30-21/h5-8,10-12,14H,9,13H2,1-4H3,(H,24,28). The first-order valence-electron chi connectivity index (χ1n) is 9.83. The van der Waals surface area contributed by atoms with E-state index < -0.39 is 0 Å². The van der Waals surface area contributed by atoms with Crippen LogP contribution in [0.2, 0.25) is 0 Å². The van der Waals surface area contributed by atoms with E-state index in [-0.39, 0.29) is 24.5 Å². The van der Waals surface area contributed by atoms with Crippen molar-refractivity contribution in [3.8, 4) is 11.5 Å². The zero-order valence-electron chi connectivity index (χ0n) is 17.6. The summed E-state index contributed by atoms with van der Waals surface area (Å²) in [7, 11) is 5.35. The average molecular weight is 407 g/mol. The molecule has 7 nitrogen and oxygen atoms in total. The number of carbonyl (C=O) groups is 2. The molecule has 30 heavy (non-hydrogen) atoms. The highest BCUT2D eigenvalue weighted by atomic mass is 16.5. The molecule has 4 rings (SSSR count). The molecule has 156 valence electrons. The van der Waals surface area contributed by atoms with E-state index >= 15 is 0 Å². The lowest BCUT2D eigenvalue weighted by atomic mass is 10.0. The lowest BCUT2D eigenvalue weighted by Crippen LogP contribution is -2.36. The summed E-state index contributed by atoms with van der Waals surface area (Å²) in [6.07, 6.45) is 2.77. The van der Waals surface area contributed by atoms with Crippen molar-refractivity contribution in [2.75, 3.05) is 25.7 Å². The van der Waals surface area contributed by atoms with Crippen molar-refractivity contribution in [1.29, 1.82) is 0 Å². The number of nitrogens with zero attached hydrogens (tertiary/aromatic N) is 2. The fraction of sp³-hybridized carbons (Fsp3) is 0.304. The molecule has 3 aromatic rings. The topological polar surface area (TPSA) is 72.8 Å². The highest BCUT2D eigenvalue weighted by molar-refractivity contribution is 6.01. The zero-order valence-corrected chi connectivity index (χ0v) is 17.6. The number of carbonyl (C=O) groups excluding carboxylic acids is 2. The summed E-state index contributed by atoms with van der Waals surface area (Å²) in [5, 5.41) is 4.17. The van der Waals surface area contributed by atoms with Gasteiger partial charge in [-0.05, 0) is 55.3 Å². The second-order valence-electron chi connectivity index (χ2n) is 7.65. The number of likely N-dealkylation sites (N-methyl/N-ethyl adjacent to an activating group) is 1. The predicted octanol–water partition coefficient (Wildman–Crippen LogP) is 2.90. The Kier molecular flexibility index (Phi) is 5.11. The van der Waals surface area contributed by atoms with Gasteiger partial charge >= 0.3 is 0 Å². The minimum absolute atomic E-state index is 0.0158. The van der Waals surface area contributed by atoms with E-state index in [1.54, 1.807) is 32.4 Å². The highest BCUT2D eigenvalue weighted by Gasteiger charge is 2.24. The molecule has 0 bridgehead atoms. The maximum atomic E-state index is 12.8. The molecule has 2 amide bonds. The van der Waals surface area contributed by atoms with Gasteiger partial charge in [0.1, 0.15) is 11.5 Å². The molecule has 2 heterocycles. The summed E-state index contributed by atoms with van der Waals surface area (Å²) in [4.78, 5) is 26.2. The van der Waals surface area contributed by atoms with Crippen LogP contribution in [0.3, 0.4) is 0 Å². The molecule has 7 heteroatoms. The van der Waals surface area contributed by atoms with E-state index in [1.165, 1.54) is 4.90 Å². The Morgan fingerprint density at radius 1 is 1.23 bits per heavy atom. The monoisotopic (exact) mass is 407 g/mol. The van der Waals surface area contributed by atoms with E-state index in [2.05, 4.69) is 16.1 Å². The maximum absolute atomic E-state index is 12.8. The number of benzene rings is 2. The number of aromatic nitrogens is 1. The second kappa shape index (κ2) is 7.74. The van der Waals surface area contributed by atoms with Crippen molar-refractivity contribution in [2.45, 2.75) is 19.4 Å². The number of aryl methyl sites for hydroxylation is 1. The quantitative estimate of drug-likeness (QED) is 0.706. The first-order chi connectivity index (χ1) is 14.4. The Morgan fingerprint density at radius 2 is 2.03 bits per heavy atom. The van der Waals surface area contributed by atoms with Crippen LogP contribution < -0.4 is 19.7 Å². The summed E-state index contributed by atoms with van der Waals surface area (Å²) in [6.45, 7) is 2.00. The number of anilines is 1. The van der Waals surface area contributed by atoms with Crippen LogP contribution in [0.4, 0.5) is 5.69 Å². The van der Waals surface area contributed by atoms with Gasteiger partial charge in [0.25, 0.3) is 11.8 Å². The molecule has 0 radical (unpaired) electrons. The number of methoxy groups -OCH3 is 1. The van der Waals surface area contributed by atoms with Crippen LogP contribution in [0, 0.1) is 0 Å². The normalized spacial score (nSPS) is 14.3. The summed E-state index contributed by atoms with van der Waals surface area (Å²) in [5.41, 5.74) is 3.35. The third-order valence-corrected chi connectivity index (χ3v) is 5.49. The molecule has 2 aromatic carbocycles. The van der Waals surface area contributed by atoms with Crippen LogP contribution in [-0.2, 0) is 18.3 Å². The Bertz CT molecular complexity index is 1130. The van der Waals surface area contributed by atoms with E-state index in [0.29, 0.717) is 23.4 Å². The summed E-state index contributed by atoms with van der Waals surface area (Å²) < 4.78 is 12.9.